The number of methoxy groups -OCH3 is 2. The third kappa shape index (κ3) is 18.7. The van der Waals surface area contributed by atoms with Crippen LogP contribution in [0, 0.1) is 41.5 Å². The molecule has 1 aliphatic rings. The van der Waals surface area contributed by atoms with Gasteiger partial charge in [-0.1, -0.05) is 44.8 Å². The molecule has 2 radical (unpaired) electrons. The number of nitrogen functional groups attached to an aromatic ring is 1. The van der Waals surface area contributed by atoms with Crippen LogP contribution in [0.1, 0.15) is 91.7 Å². The van der Waals surface area contributed by atoms with Crippen LogP contribution < -0.4 is 30.7 Å². The van der Waals surface area contributed by atoms with Crippen LogP contribution in [0.2, 0.25) is 78.6 Å². The normalized spacial score (nSPS) is 14.2. The molecule has 0 saturated carbocycles. The predicted octanol–water partition coefficient (Wildman–Crippen LogP) is 15.2. The number of carbonyl (C=O) groups excluding carboxylic acids is 3. The van der Waals surface area contributed by atoms with E-state index in [9.17, 15) is 14.4 Å². The van der Waals surface area contributed by atoms with E-state index >= 15 is 0 Å². The summed E-state index contributed by atoms with van der Waals surface area (Å²) in [5.74, 6) is 0.944. The Morgan fingerprint density at radius 3 is 1.68 bits per heavy atom. The van der Waals surface area contributed by atoms with Crippen molar-refractivity contribution in [3.8, 4) is 11.5 Å². The third-order valence-corrected chi connectivity index (χ3v) is 53.2. The number of β-lactam (4-membered cyclic amide) rings is 1. The van der Waals surface area contributed by atoms with Gasteiger partial charge in [0.15, 0.2) is 0 Å². The van der Waals surface area contributed by atoms with Gasteiger partial charge in [-0.05, 0) is 138 Å². The second-order valence-corrected chi connectivity index (χ2v) is 53.2. The zero-order chi connectivity index (χ0) is 59.1. The Balaban J connectivity index is 0.000000417. The monoisotopic (exact) mass is 1250 g/mol. The van der Waals surface area contributed by atoms with E-state index < -0.39 is 78.3 Å². The van der Waals surface area contributed by atoms with E-state index in [0.717, 1.165) is 73.1 Å². The van der Waals surface area contributed by atoms with Crippen molar-refractivity contribution in [3.63, 3.8) is 0 Å². The summed E-state index contributed by atoms with van der Waals surface area (Å²) in [6.07, 6.45) is -0.555. The molecule has 0 aromatic heterocycles. The average molecular weight is 1250 g/mol. The molecule has 4 aromatic carbocycles. The summed E-state index contributed by atoms with van der Waals surface area (Å²) in [5, 5.41) is 6.19. The van der Waals surface area contributed by atoms with Crippen LogP contribution in [0.4, 0.5) is 27.5 Å². The van der Waals surface area contributed by atoms with Crippen molar-refractivity contribution in [1.82, 2.24) is 4.91 Å². The van der Waals surface area contributed by atoms with Crippen molar-refractivity contribution in [1.29, 1.82) is 0 Å². The van der Waals surface area contributed by atoms with Gasteiger partial charge in [0.2, 0.25) is 0 Å². The van der Waals surface area contributed by atoms with Crippen LogP contribution in [-0.2, 0) is 19.1 Å². The SMILES string of the molecule is C.C=C(C(=O)OCC)[C@@H](Nc1cc(C)c(C)c(OC)c1)c1ccc(C)c(NC(=O)OC(C)(C)C)c1.C=C1C(=O)N(c2cc(C)c(C)c(OC)c2)[C@H]1c1ccc(C)c(N)c1.C[Si](C)(C)[N]([Sn][N]([Si](C)(C)C)[Si](C)(C)C)[Si](C)(C)C. The third-order valence-electron chi connectivity index (χ3n) is 13.0. The van der Waals surface area contributed by atoms with Crippen LogP contribution in [0.25, 0.3) is 0 Å². The first-order valence-corrected chi connectivity index (χ1v) is 42.8. The number of hydrogen-bond donors (Lipinski definition) is 3. The number of nitrogens with two attached hydrogens (primary N) is 1. The van der Waals surface area contributed by atoms with E-state index in [4.69, 9.17) is 24.7 Å². The Morgan fingerprint density at radius 2 is 1.22 bits per heavy atom. The van der Waals surface area contributed by atoms with Gasteiger partial charge in [0.05, 0.1) is 38.5 Å². The summed E-state index contributed by atoms with van der Waals surface area (Å²) >= 11 is -0.599. The van der Waals surface area contributed by atoms with Crippen molar-refractivity contribution < 1.29 is 33.3 Å². The fourth-order valence-corrected chi connectivity index (χ4v) is 42.7. The van der Waals surface area contributed by atoms with Crippen molar-refractivity contribution in [2.45, 2.75) is 173 Å². The number of nitrogens with zero attached hydrogens (tertiary/aromatic N) is 3. The number of carbonyl (C=O) groups is 3. The second kappa shape index (κ2) is 27.7. The predicted molar refractivity (Wildman–Crippen MR) is 343 cm³/mol. The second-order valence-electron chi connectivity index (χ2n) is 24.9. The summed E-state index contributed by atoms with van der Waals surface area (Å²) in [7, 11) is -1.42. The molecule has 1 aliphatic heterocycles. The topological polar surface area (TPSA) is 148 Å². The quantitative estimate of drug-likeness (QED) is 0.0305. The molecule has 430 valence electrons. The van der Waals surface area contributed by atoms with E-state index in [1.54, 1.807) is 52.9 Å². The summed E-state index contributed by atoms with van der Waals surface area (Å²) in [6.45, 7) is 57.8. The number of nitrogens with one attached hydrogen (secondary N) is 2. The summed E-state index contributed by atoms with van der Waals surface area (Å²) < 4.78 is 27.8. The number of esters is 1. The molecule has 0 bridgehead atoms. The number of aryl methyl sites for hydroxylation is 4. The Morgan fingerprint density at radius 1 is 0.731 bits per heavy atom. The number of benzene rings is 4. The molecule has 1 fully saturated rings. The van der Waals surface area contributed by atoms with Gasteiger partial charge in [0.1, 0.15) is 17.1 Å². The molecule has 0 aliphatic carbocycles. The van der Waals surface area contributed by atoms with Crippen molar-refractivity contribution in [2.24, 2.45) is 0 Å². The zero-order valence-electron chi connectivity index (χ0n) is 51.3. The molecule has 2 amide bonds. The maximum absolute atomic E-state index is 12.6. The van der Waals surface area contributed by atoms with Gasteiger partial charge in [-0.2, -0.15) is 0 Å². The molecule has 0 unspecified atom stereocenters. The first kappa shape index (κ1) is 69.5. The Bertz CT molecular complexity index is 2730. The van der Waals surface area contributed by atoms with E-state index in [1.807, 2.05) is 96.1 Å². The molecule has 1 saturated heterocycles. The maximum atomic E-state index is 12.6. The van der Waals surface area contributed by atoms with Crippen molar-refractivity contribution >= 4 is 95.3 Å². The van der Waals surface area contributed by atoms with Gasteiger partial charge in [0, 0.05) is 40.5 Å². The fourth-order valence-electron chi connectivity index (χ4n) is 9.17. The van der Waals surface area contributed by atoms with Gasteiger partial charge in [-0.15, -0.1) is 0 Å². The first-order chi connectivity index (χ1) is 35.2. The molecule has 0 spiro atoms. The molecule has 18 heteroatoms. The first-order valence-electron chi connectivity index (χ1n) is 26.5. The fraction of sp³-hybridized carbons (Fsp3) is 0.483. The zero-order valence-corrected chi connectivity index (χ0v) is 58.2. The number of rotatable bonds is 17. The van der Waals surface area contributed by atoms with Gasteiger partial charge in [-0.3, -0.25) is 15.0 Å². The van der Waals surface area contributed by atoms with Crippen LogP contribution >= 0.6 is 0 Å². The minimum atomic E-state index is -1.17. The molecule has 5 rings (SSSR count). The molecular weight excluding hydrogens is 1150 g/mol. The van der Waals surface area contributed by atoms with E-state index in [0.29, 0.717) is 11.3 Å². The van der Waals surface area contributed by atoms with E-state index in [2.05, 4.69) is 107 Å². The summed E-state index contributed by atoms with van der Waals surface area (Å²) in [5.41, 5.74) is 16.9. The molecule has 1 heterocycles. The average Bonchev–Trinajstić information content (AvgIpc) is 3.28. The van der Waals surface area contributed by atoms with Crippen molar-refractivity contribution in [3.05, 3.63) is 129 Å². The summed E-state index contributed by atoms with van der Waals surface area (Å²) in [6, 6.07) is 18.4. The number of hydrogen-bond acceptors (Lipinski definition) is 11. The van der Waals surface area contributed by atoms with Crippen LogP contribution in [0.5, 0.6) is 11.5 Å². The Kier molecular flexibility index (Phi) is 24.7. The van der Waals surface area contributed by atoms with Gasteiger partial charge >= 0.3 is 150 Å². The van der Waals surface area contributed by atoms with Gasteiger partial charge in [0.25, 0.3) is 5.91 Å². The van der Waals surface area contributed by atoms with Crippen LogP contribution in [-0.4, -0.2) is 104 Å². The van der Waals surface area contributed by atoms with Crippen LogP contribution in [0.15, 0.2) is 85.0 Å². The molecular formula is C60H98N6O7Si4Sn. The molecule has 2 atom stereocenters. The van der Waals surface area contributed by atoms with Crippen molar-refractivity contribution in [2.75, 3.05) is 42.1 Å². The number of anilines is 4. The van der Waals surface area contributed by atoms with Gasteiger partial charge in [-0.25, -0.2) is 9.59 Å². The summed E-state index contributed by atoms with van der Waals surface area (Å²) in [4.78, 5) is 39.2. The molecule has 4 N–H and O–H groups in total. The standard InChI is InChI=1S/C27H36N2O5.C20H22N2O2.2C6H18NSi2.CH4.Sn/c1-10-33-25(30)19(5)24(28-21-13-17(3)18(4)23(15-21)32-9)20-12-11-16(2)22(14-20)29-26(31)34-27(6,7)8;1-11-6-7-15(9-17(11)21)19-14(4)20(23)22(19)16-8-12(2)13(3)18(10-16)24-5;2*1-8(2,3)7-9(4,5)6;;/h11-15,24,28H,5,10H2,1-4,6-9H3,(H,29,31);6-10,19H,4,21H2,1-3,5H3;2*1-6H3;1H4;/q;;2*-1;;+2/t24-;19-;;;;/m11..../s1. The Hall–Kier alpha value is -4.64. The number of amides is 2. The molecule has 13 nitrogen and oxygen atoms in total. The Labute approximate surface area is 486 Å². The van der Waals surface area contributed by atoms with E-state index in [-0.39, 0.29) is 31.6 Å². The van der Waals surface area contributed by atoms with Crippen LogP contribution in [0.3, 0.4) is 0 Å². The van der Waals surface area contributed by atoms with Gasteiger partial charge < -0.3 is 30.0 Å². The minimum absolute atomic E-state index is 0. The van der Waals surface area contributed by atoms with E-state index in [1.165, 1.54) is 0 Å². The number of ether oxygens (including phenoxy) is 4. The molecule has 4 aromatic rings. The molecule has 78 heavy (non-hydrogen) atoms.